The second-order valence-corrected chi connectivity index (χ2v) is 5.47. The van der Waals surface area contributed by atoms with Gasteiger partial charge in [0.1, 0.15) is 5.69 Å². The molecule has 1 fully saturated rings. The van der Waals surface area contributed by atoms with Gasteiger partial charge >= 0.3 is 5.97 Å². The van der Waals surface area contributed by atoms with Crippen LogP contribution in [0, 0.1) is 0 Å². The summed E-state index contributed by atoms with van der Waals surface area (Å²) in [5, 5.41) is 1.08. The predicted octanol–water partition coefficient (Wildman–Crippen LogP) is 3.92. The Kier molecular flexibility index (Phi) is 2.90. The van der Waals surface area contributed by atoms with Gasteiger partial charge < -0.3 is 9.30 Å². The second-order valence-electron chi connectivity index (χ2n) is 4.55. The Bertz CT molecular complexity index is 614. The van der Waals surface area contributed by atoms with Crippen LogP contribution in [0.3, 0.4) is 0 Å². The first kappa shape index (κ1) is 11.8. The molecule has 0 atom stereocenters. The molecule has 0 unspecified atom stereocenters. The maximum absolute atomic E-state index is 12.0. The minimum Gasteiger partial charge on any atom is -0.461 e. The van der Waals surface area contributed by atoms with Crippen molar-refractivity contribution in [3.63, 3.8) is 0 Å². The van der Waals surface area contributed by atoms with Crippen molar-refractivity contribution in [2.24, 2.45) is 0 Å². The molecule has 0 spiro atoms. The SMILES string of the molecule is CCOC(=O)c1cc2cc(Br)ccc2n1C1CC1. The van der Waals surface area contributed by atoms with Gasteiger partial charge in [-0.25, -0.2) is 4.79 Å². The van der Waals surface area contributed by atoms with E-state index in [1.54, 1.807) is 0 Å². The summed E-state index contributed by atoms with van der Waals surface area (Å²) in [6.45, 7) is 2.24. The van der Waals surface area contributed by atoms with Crippen molar-refractivity contribution in [1.29, 1.82) is 0 Å². The van der Waals surface area contributed by atoms with Crippen LogP contribution >= 0.6 is 15.9 Å². The first-order chi connectivity index (χ1) is 8.70. The van der Waals surface area contributed by atoms with Crippen LogP contribution in [0.5, 0.6) is 0 Å². The summed E-state index contributed by atoms with van der Waals surface area (Å²) in [5.74, 6) is -0.225. The molecule has 1 saturated carbocycles. The Labute approximate surface area is 114 Å². The van der Waals surface area contributed by atoms with E-state index in [1.807, 2.05) is 25.1 Å². The van der Waals surface area contributed by atoms with Gasteiger partial charge in [0.2, 0.25) is 0 Å². The molecule has 2 aromatic rings. The maximum atomic E-state index is 12.0. The minimum atomic E-state index is -0.225. The zero-order valence-corrected chi connectivity index (χ0v) is 11.7. The van der Waals surface area contributed by atoms with Crippen LogP contribution in [0.25, 0.3) is 10.9 Å². The highest BCUT2D eigenvalue weighted by atomic mass is 79.9. The van der Waals surface area contributed by atoms with E-state index in [9.17, 15) is 4.79 Å². The summed E-state index contributed by atoms with van der Waals surface area (Å²) < 4.78 is 8.29. The highest BCUT2D eigenvalue weighted by Gasteiger charge is 2.29. The number of rotatable bonds is 3. The van der Waals surface area contributed by atoms with Gasteiger partial charge in [-0.2, -0.15) is 0 Å². The molecule has 0 amide bonds. The quantitative estimate of drug-likeness (QED) is 0.805. The number of aromatic nitrogens is 1. The van der Waals surface area contributed by atoms with Crippen molar-refractivity contribution in [3.05, 3.63) is 34.4 Å². The lowest BCUT2D eigenvalue weighted by molar-refractivity contribution is 0.0514. The molecule has 1 heterocycles. The van der Waals surface area contributed by atoms with E-state index < -0.39 is 0 Å². The number of carbonyl (C=O) groups excluding carboxylic acids is 1. The molecule has 0 radical (unpaired) electrons. The maximum Gasteiger partial charge on any atom is 0.354 e. The zero-order chi connectivity index (χ0) is 12.7. The number of carbonyl (C=O) groups is 1. The highest BCUT2D eigenvalue weighted by molar-refractivity contribution is 9.10. The summed E-state index contributed by atoms with van der Waals surface area (Å²) >= 11 is 3.46. The summed E-state index contributed by atoms with van der Waals surface area (Å²) in [6.07, 6.45) is 2.29. The van der Waals surface area contributed by atoms with E-state index in [0.29, 0.717) is 18.3 Å². The Balaban J connectivity index is 2.17. The molecule has 1 aromatic heterocycles. The second kappa shape index (κ2) is 4.43. The van der Waals surface area contributed by atoms with Crippen LogP contribution in [0.4, 0.5) is 0 Å². The van der Waals surface area contributed by atoms with Crippen LogP contribution in [-0.2, 0) is 4.74 Å². The van der Waals surface area contributed by atoms with Crippen molar-refractivity contribution in [2.45, 2.75) is 25.8 Å². The Morgan fingerprint density at radius 1 is 1.44 bits per heavy atom. The number of hydrogen-bond acceptors (Lipinski definition) is 2. The molecule has 4 heteroatoms. The minimum absolute atomic E-state index is 0.225. The van der Waals surface area contributed by atoms with Gasteiger partial charge in [0, 0.05) is 21.4 Å². The Morgan fingerprint density at radius 2 is 2.22 bits per heavy atom. The Hall–Kier alpha value is -1.29. The van der Waals surface area contributed by atoms with Crippen LogP contribution in [0.15, 0.2) is 28.7 Å². The van der Waals surface area contributed by atoms with Crippen LogP contribution in [-0.4, -0.2) is 17.1 Å². The third-order valence-corrected chi connectivity index (χ3v) is 3.69. The predicted molar refractivity (Wildman–Crippen MR) is 73.9 cm³/mol. The van der Waals surface area contributed by atoms with Gasteiger partial charge in [-0.15, -0.1) is 0 Å². The first-order valence-corrected chi connectivity index (χ1v) is 6.97. The van der Waals surface area contributed by atoms with Crippen LogP contribution < -0.4 is 0 Å². The molecule has 0 bridgehead atoms. The standard InChI is InChI=1S/C14H14BrNO2/c1-2-18-14(17)13-8-9-7-10(15)3-6-12(9)16(13)11-4-5-11/h3,6-8,11H,2,4-5H2,1H3. The molecule has 3 rings (SSSR count). The first-order valence-electron chi connectivity index (χ1n) is 6.18. The van der Waals surface area contributed by atoms with Gasteiger partial charge in [-0.05, 0) is 44.0 Å². The van der Waals surface area contributed by atoms with E-state index in [1.165, 1.54) is 0 Å². The number of benzene rings is 1. The molecule has 0 saturated heterocycles. The third kappa shape index (κ3) is 1.94. The van der Waals surface area contributed by atoms with E-state index >= 15 is 0 Å². The average molecular weight is 308 g/mol. The average Bonchev–Trinajstić information content (AvgIpc) is 3.10. The van der Waals surface area contributed by atoms with Crippen molar-refractivity contribution < 1.29 is 9.53 Å². The van der Waals surface area contributed by atoms with Gasteiger partial charge in [-0.1, -0.05) is 15.9 Å². The molecular weight excluding hydrogens is 294 g/mol. The van der Waals surface area contributed by atoms with E-state index in [0.717, 1.165) is 28.2 Å². The smallest absolute Gasteiger partial charge is 0.354 e. The van der Waals surface area contributed by atoms with Crippen LogP contribution in [0.1, 0.15) is 36.3 Å². The molecule has 1 aromatic carbocycles. The zero-order valence-electron chi connectivity index (χ0n) is 10.1. The summed E-state index contributed by atoms with van der Waals surface area (Å²) in [5.41, 5.74) is 1.79. The molecule has 18 heavy (non-hydrogen) atoms. The van der Waals surface area contributed by atoms with E-state index in [2.05, 4.69) is 26.6 Å². The fraction of sp³-hybridized carbons (Fsp3) is 0.357. The van der Waals surface area contributed by atoms with Gasteiger partial charge in [0.25, 0.3) is 0 Å². The monoisotopic (exact) mass is 307 g/mol. The molecule has 0 aliphatic heterocycles. The van der Waals surface area contributed by atoms with Gasteiger partial charge in [-0.3, -0.25) is 0 Å². The largest absolute Gasteiger partial charge is 0.461 e. The lowest BCUT2D eigenvalue weighted by atomic mass is 10.2. The summed E-state index contributed by atoms with van der Waals surface area (Å²) in [4.78, 5) is 12.0. The summed E-state index contributed by atoms with van der Waals surface area (Å²) in [6, 6.07) is 8.49. The molecule has 94 valence electrons. The fourth-order valence-electron chi connectivity index (χ4n) is 2.30. The number of halogens is 1. The van der Waals surface area contributed by atoms with Gasteiger partial charge in [0.05, 0.1) is 6.61 Å². The van der Waals surface area contributed by atoms with E-state index in [4.69, 9.17) is 4.74 Å². The number of esters is 1. The number of hydrogen-bond donors (Lipinski definition) is 0. The molecular formula is C14H14BrNO2. The molecule has 0 N–H and O–H groups in total. The normalized spacial score (nSPS) is 15.0. The molecule has 1 aliphatic rings. The summed E-state index contributed by atoms with van der Waals surface area (Å²) in [7, 11) is 0. The Morgan fingerprint density at radius 3 is 2.89 bits per heavy atom. The van der Waals surface area contributed by atoms with Crippen LogP contribution in [0.2, 0.25) is 0 Å². The topological polar surface area (TPSA) is 31.2 Å². The van der Waals surface area contributed by atoms with Gasteiger partial charge in [0.15, 0.2) is 0 Å². The number of nitrogens with zero attached hydrogens (tertiary/aromatic N) is 1. The third-order valence-electron chi connectivity index (χ3n) is 3.20. The van der Waals surface area contributed by atoms with E-state index in [-0.39, 0.29) is 5.97 Å². The van der Waals surface area contributed by atoms with Crippen molar-refractivity contribution in [3.8, 4) is 0 Å². The number of ether oxygens (including phenoxy) is 1. The number of fused-ring (bicyclic) bond motifs is 1. The lowest BCUT2D eigenvalue weighted by Gasteiger charge is -2.08. The molecule has 3 nitrogen and oxygen atoms in total. The highest BCUT2D eigenvalue weighted by Crippen LogP contribution is 2.40. The van der Waals surface area contributed by atoms with Crippen molar-refractivity contribution in [2.75, 3.05) is 6.61 Å². The van der Waals surface area contributed by atoms with Crippen molar-refractivity contribution in [1.82, 2.24) is 4.57 Å². The molecule has 1 aliphatic carbocycles. The lowest BCUT2D eigenvalue weighted by Crippen LogP contribution is -2.11. The fourth-order valence-corrected chi connectivity index (χ4v) is 2.67. The van der Waals surface area contributed by atoms with Crippen molar-refractivity contribution >= 4 is 32.8 Å².